The fourth-order valence-electron chi connectivity index (χ4n) is 3.53. The van der Waals surface area contributed by atoms with Crippen LogP contribution in [0.2, 0.25) is 0 Å². The van der Waals surface area contributed by atoms with Gasteiger partial charge in [-0.25, -0.2) is 13.1 Å². The quantitative estimate of drug-likeness (QED) is 0.818. The first-order valence-electron chi connectivity index (χ1n) is 8.71. The first-order valence-corrected chi connectivity index (χ1v) is 10.4. The molecule has 0 bridgehead atoms. The highest BCUT2D eigenvalue weighted by Gasteiger charge is 2.30. The molecule has 2 aliphatic rings. The maximum atomic E-state index is 11.9. The average molecular weight is 340 g/mol. The molecule has 1 aromatic rings. The first kappa shape index (κ1) is 16.9. The number of likely N-dealkylation sites (tertiary alicyclic amines) is 1. The lowest BCUT2D eigenvalue weighted by molar-refractivity contribution is 0.199. The van der Waals surface area contributed by atoms with Gasteiger partial charge >= 0.3 is 0 Å². The largest absolute Gasteiger partial charge is 0.299 e. The zero-order chi connectivity index (χ0) is 16.4. The molecular formula is C16H28N4O2S. The fourth-order valence-corrected chi connectivity index (χ4v) is 4.93. The molecule has 1 aliphatic heterocycles. The van der Waals surface area contributed by atoms with E-state index in [1.54, 1.807) is 0 Å². The number of rotatable bonds is 7. The lowest BCUT2D eigenvalue weighted by Gasteiger charge is -2.32. The third-order valence-corrected chi connectivity index (χ3v) is 6.47. The number of sulfonamides is 1. The monoisotopic (exact) mass is 340 g/mol. The Hall–Kier alpha value is -0.920. The van der Waals surface area contributed by atoms with Crippen molar-refractivity contribution >= 4 is 10.0 Å². The Kier molecular flexibility index (Phi) is 5.08. The second-order valence-corrected chi connectivity index (χ2v) is 8.81. The summed E-state index contributed by atoms with van der Waals surface area (Å²) in [6.45, 7) is 4.72. The van der Waals surface area contributed by atoms with Crippen LogP contribution in [0, 0.1) is 0 Å². The van der Waals surface area contributed by atoms with Gasteiger partial charge in [-0.1, -0.05) is 6.92 Å². The number of nitrogens with one attached hydrogen (secondary N) is 1. The molecule has 23 heavy (non-hydrogen) atoms. The van der Waals surface area contributed by atoms with Crippen LogP contribution in [-0.4, -0.2) is 48.0 Å². The Bertz CT molecular complexity index is 629. The predicted molar refractivity (Wildman–Crippen MR) is 90.7 cm³/mol. The van der Waals surface area contributed by atoms with E-state index in [4.69, 9.17) is 0 Å². The maximum absolute atomic E-state index is 11.9. The second-order valence-electron chi connectivity index (χ2n) is 6.94. The smallest absolute Gasteiger partial charge is 0.211 e. The third-order valence-electron chi connectivity index (χ3n) is 4.83. The molecule has 0 radical (unpaired) electrons. The van der Waals surface area contributed by atoms with E-state index in [0.717, 1.165) is 32.5 Å². The molecule has 1 saturated heterocycles. The Morgan fingerprint density at radius 1 is 1.26 bits per heavy atom. The standard InChI is InChI=1S/C16H28N4O2S/c1-3-10-23(21,22)18-15-6-8-20(9-7-15)12-14-11-17-19(2)16(14)13-4-5-13/h11,13,15,18H,3-10,12H2,1-2H3. The minimum atomic E-state index is -3.10. The molecule has 2 heterocycles. The molecule has 0 spiro atoms. The van der Waals surface area contributed by atoms with Gasteiger partial charge in [-0.05, 0) is 32.1 Å². The van der Waals surface area contributed by atoms with Gasteiger partial charge in [0.05, 0.1) is 11.9 Å². The van der Waals surface area contributed by atoms with E-state index in [1.807, 2.05) is 24.9 Å². The Morgan fingerprint density at radius 2 is 1.96 bits per heavy atom. The molecule has 0 atom stereocenters. The van der Waals surface area contributed by atoms with Gasteiger partial charge in [0.25, 0.3) is 0 Å². The fraction of sp³-hybridized carbons (Fsp3) is 0.812. The molecule has 130 valence electrons. The van der Waals surface area contributed by atoms with Gasteiger partial charge < -0.3 is 0 Å². The number of nitrogens with zero attached hydrogens (tertiary/aromatic N) is 3. The third kappa shape index (κ3) is 4.33. The van der Waals surface area contributed by atoms with Gasteiger partial charge in [0.2, 0.25) is 10.0 Å². The van der Waals surface area contributed by atoms with E-state index in [2.05, 4.69) is 14.7 Å². The van der Waals surface area contributed by atoms with Crippen molar-refractivity contribution in [1.29, 1.82) is 0 Å². The van der Waals surface area contributed by atoms with E-state index >= 15 is 0 Å². The molecule has 1 N–H and O–H groups in total. The van der Waals surface area contributed by atoms with Crippen LogP contribution >= 0.6 is 0 Å². The van der Waals surface area contributed by atoms with Gasteiger partial charge in [-0.3, -0.25) is 9.58 Å². The number of aromatic nitrogens is 2. The van der Waals surface area contributed by atoms with Crippen molar-refractivity contribution in [3.63, 3.8) is 0 Å². The van der Waals surface area contributed by atoms with Crippen molar-refractivity contribution in [3.05, 3.63) is 17.5 Å². The maximum Gasteiger partial charge on any atom is 0.211 e. The molecule has 6 nitrogen and oxygen atoms in total. The summed E-state index contributed by atoms with van der Waals surface area (Å²) in [5, 5.41) is 4.43. The van der Waals surface area contributed by atoms with E-state index in [9.17, 15) is 8.42 Å². The topological polar surface area (TPSA) is 67.2 Å². The summed E-state index contributed by atoms with van der Waals surface area (Å²) in [5.74, 6) is 0.934. The van der Waals surface area contributed by atoms with Crippen molar-refractivity contribution in [3.8, 4) is 0 Å². The van der Waals surface area contributed by atoms with E-state index < -0.39 is 10.0 Å². The zero-order valence-electron chi connectivity index (χ0n) is 14.2. The lowest BCUT2D eigenvalue weighted by atomic mass is 10.0. The van der Waals surface area contributed by atoms with Crippen LogP contribution in [-0.2, 0) is 23.6 Å². The van der Waals surface area contributed by atoms with Crippen molar-refractivity contribution in [1.82, 2.24) is 19.4 Å². The number of hydrogen-bond acceptors (Lipinski definition) is 4. The van der Waals surface area contributed by atoms with Gasteiger partial charge in [-0.2, -0.15) is 5.10 Å². The van der Waals surface area contributed by atoms with Crippen LogP contribution in [0.3, 0.4) is 0 Å². The summed E-state index contributed by atoms with van der Waals surface area (Å²) >= 11 is 0. The normalized spacial score (nSPS) is 21.0. The number of aryl methyl sites for hydroxylation is 1. The van der Waals surface area contributed by atoms with Gasteiger partial charge in [-0.15, -0.1) is 0 Å². The molecule has 2 fully saturated rings. The van der Waals surface area contributed by atoms with Crippen LogP contribution in [0.25, 0.3) is 0 Å². The molecule has 0 unspecified atom stereocenters. The lowest BCUT2D eigenvalue weighted by Crippen LogP contribution is -2.44. The van der Waals surface area contributed by atoms with Crippen molar-refractivity contribution in [2.75, 3.05) is 18.8 Å². The highest BCUT2D eigenvalue weighted by Crippen LogP contribution is 2.41. The van der Waals surface area contributed by atoms with Crippen LogP contribution in [0.15, 0.2) is 6.20 Å². The minimum Gasteiger partial charge on any atom is -0.299 e. The Morgan fingerprint density at radius 3 is 2.57 bits per heavy atom. The highest BCUT2D eigenvalue weighted by atomic mass is 32.2. The molecule has 0 amide bonds. The van der Waals surface area contributed by atoms with Gasteiger partial charge in [0.1, 0.15) is 0 Å². The summed E-state index contributed by atoms with van der Waals surface area (Å²) in [5.41, 5.74) is 2.75. The van der Waals surface area contributed by atoms with Crippen LogP contribution in [0.1, 0.15) is 56.2 Å². The molecule has 7 heteroatoms. The first-order chi connectivity index (χ1) is 11.0. The zero-order valence-corrected chi connectivity index (χ0v) is 15.0. The summed E-state index contributed by atoms with van der Waals surface area (Å²) in [4.78, 5) is 2.42. The van der Waals surface area contributed by atoms with E-state index in [-0.39, 0.29) is 11.8 Å². The van der Waals surface area contributed by atoms with Gasteiger partial charge in [0, 0.05) is 49.9 Å². The number of piperidine rings is 1. The molecular weight excluding hydrogens is 312 g/mol. The highest BCUT2D eigenvalue weighted by molar-refractivity contribution is 7.89. The van der Waals surface area contributed by atoms with Crippen LogP contribution in [0.4, 0.5) is 0 Å². The van der Waals surface area contributed by atoms with Crippen LogP contribution < -0.4 is 4.72 Å². The molecule has 1 saturated carbocycles. The molecule has 3 rings (SSSR count). The average Bonchev–Trinajstić information content (AvgIpc) is 3.25. The summed E-state index contributed by atoms with van der Waals surface area (Å²) in [7, 11) is -1.06. The summed E-state index contributed by atoms with van der Waals surface area (Å²) < 4.78 is 28.6. The summed E-state index contributed by atoms with van der Waals surface area (Å²) in [6.07, 6.45) is 7.02. The molecule has 1 aromatic heterocycles. The van der Waals surface area contributed by atoms with Crippen LogP contribution in [0.5, 0.6) is 0 Å². The van der Waals surface area contributed by atoms with Crippen molar-refractivity contribution < 1.29 is 8.42 Å². The molecule has 1 aliphatic carbocycles. The van der Waals surface area contributed by atoms with Gasteiger partial charge in [0.15, 0.2) is 0 Å². The van der Waals surface area contributed by atoms with Crippen molar-refractivity contribution in [2.45, 2.75) is 57.5 Å². The minimum absolute atomic E-state index is 0.0969. The second kappa shape index (κ2) is 6.91. The van der Waals surface area contributed by atoms with Crippen molar-refractivity contribution in [2.24, 2.45) is 7.05 Å². The Balaban J connectivity index is 1.52. The predicted octanol–water partition coefficient (Wildman–Crippen LogP) is 1.59. The number of hydrogen-bond donors (Lipinski definition) is 1. The van der Waals surface area contributed by atoms with E-state index in [1.165, 1.54) is 24.1 Å². The molecule has 0 aromatic carbocycles. The SMILES string of the molecule is CCCS(=O)(=O)NC1CCN(Cc2cnn(C)c2C2CC2)CC1. The Labute approximate surface area is 139 Å². The summed E-state index contributed by atoms with van der Waals surface area (Å²) in [6, 6.07) is 0.0969. The van der Waals surface area contributed by atoms with E-state index in [0.29, 0.717) is 12.3 Å².